The SMILES string of the molecule is NC(=O)C(C1CN(C(c2ccccc2)c2ccccc2)C1)N1CCCC(c2ccccc2)(c2ccccc2)C1=O. The lowest BCUT2D eigenvalue weighted by Crippen LogP contribution is -2.66. The van der Waals surface area contributed by atoms with Crippen LogP contribution in [0.25, 0.3) is 0 Å². The van der Waals surface area contributed by atoms with Crippen LogP contribution >= 0.6 is 0 Å². The zero-order valence-electron chi connectivity index (χ0n) is 22.6. The lowest BCUT2D eigenvalue weighted by molar-refractivity contribution is -0.151. The molecule has 2 aliphatic rings. The van der Waals surface area contributed by atoms with Gasteiger partial charge in [-0.1, -0.05) is 121 Å². The first kappa shape index (κ1) is 26.0. The van der Waals surface area contributed by atoms with E-state index in [0.717, 1.165) is 17.5 Å². The zero-order chi connectivity index (χ0) is 27.5. The molecule has 0 bridgehead atoms. The molecule has 2 amide bonds. The fourth-order valence-corrected chi connectivity index (χ4v) is 6.87. The number of piperidine rings is 1. The van der Waals surface area contributed by atoms with Crippen LogP contribution in [0.5, 0.6) is 0 Å². The van der Waals surface area contributed by atoms with Gasteiger partial charge in [-0.3, -0.25) is 14.5 Å². The average molecular weight is 530 g/mol. The highest BCUT2D eigenvalue weighted by molar-refractivity contribution is 5.96. The minimum absolute atomic E-state index is 0.0268. The number of hydrogen-bond donors (Lipinski definition) is 1. The summed E-state index contributed by atoms with van der Waals surface area (Å²) in [5.41, 5.74) is 9.61. The maximum atomic E-state index is 14.6. The fourth-order valence-electron chi connectivity index (χ4n) is 6.87. The first-order valence-electron chi connectivity index (χ1n) is 14.1. The standard InChI is InChI=1S/C35H35N3O2/c36-33(39)32(28-24-37(25-28)31(26-14-5-1-6-15-26)27-16-7-2-8-17-27)38-23-13-22-35(34(38)40,29-18-9-3-10-19-29)30-20-11-4-12-21-30/h1-12,14-21,28,31-32H,13,22-25H2,(H2,36,39). The first-order valence-corrected chi connectivity index (χ1v) is 14.1. The van der Waals surface area contributed by atoms with Gasteiger partial charge >= 0.3 is 0 Å². The quantitative estimate of drug-likeness (QED) is 0.343. The van der Waals surface area contributed by atoms with Crippen LogP contribution < -0.4 is 5.73 Å². The second-order valence-corrected chi connectivity index (χ2v) is 11.0. The highest BCUT2D eigenvalue weighted by atomic mass is 16.2. The van der Waals surface area contributed by atoms with Crippen LogP contribution in [0.1, 0.15) is 41.1 Å². The van der Waals surface area contributed by atoms with Crippen LogP contribution in [-0.4, -0.2) is 47.3 Å². The molecule has 1 atom stereocenters. The normalized spacial score (nSPS) is 18.3. The van der Waals surface area contributed by atoms with Gasteiger partial charge in [-0.2, -0.15) is 0 Å². The van der Waals surface area contributed by atoms with Crippen molar-refractivity contribution in [2.75, 3.05) is 19.6 Å². The summed E-state index contributed by atoms with van der Waals surface area (Å²) in [4.78, 5) is 31.9. The summed E-state index contributed by atoms with van der Waals surface area (Å²) in [5, 5.41) is 0. The number of amides is 2. The van der Waals surface area contributed by atoms with E-state index in [1.165, 1.54) is 11.1 Å². The monoisotopic (exact) mass is 529 g/mol. The van der Waals surface area contributed by atoms with Crippen LogP contribution in [0.15, 0.2) is 121 Å². The van der Waals surface area contributed by atoms with Gasteiger partial charge in [-0.25, -0.2) is 0 Å². The summed E-state index contributed by atoms with van der Waals surface area (Å²) >= 11 is 0. The molecule has 1 unspecified atom stereocenters. The van der Waals surface area contributed by atoms with E-state index in [9.17, 15) is 9.59 Å². The lowest BCUT2D eigenvalue weighted by Gasteiger charge is -2.52. The Morgan fingerprint density at radius 3 is 1.62 bits per heavy atom. The van der Waals surface area contributed by atoms with Crippen LogP contribution in [0, 0.1) is 5.92 Å². The molecule has 2 fully saturated rings. The summed E-state index contributed by atoms with van der Waals surface area (Å²) in [6, 6.07) is 40.3. The Bertz CT molecular complexity index is 1360. The number of rotatable bonds is 8. The number of primary amides is 1. The highest BCUT2D eigenvalue weighted by Gasteiger charge is 2.52. The molecule has 202 valence electrons. The molecule has 0 aromatic heterocycles. The average Bonchev–Trinajstić information content (AvgIpc) is 2.98. The van der Waals surface area contributed by atoms with Crippen molar-refractivity contribution >= 4 is 11.8 Å². The third kappa shape index (κ3) is 4.61. The summed E-state index contributed by atoms with van der Waals surface area (Å²) in [5.74, 6) is -0.481. The molecular weight excluding hydrogens is 494 g/mol. The fraction of sp³-hybridized carbons (Fsp3) is 0.257. The van der Waals surface area contributed by atoms with Crippen molar-refractivity contribution in [1.29, 1.82) is 0 Å². The van der Waals surface area contributed by atoms with E-state index in [1.807, 2.05) is 72.8 Å². The van der Waals surface area contributed by atoms with E-state index >= 15 is 0 Å². The van der Waals surface area contributed by atoms with Crippen LogP contribution in [0.3, 0.4) is 0 Å². The number of likely N-dealkylation sites (tertiary alicyclic amines) is 2. The third-order valence-corrected chi connectivity index (χ3v) is 8.72. The summed E-state index contributed by atoms with van der Waals surface area (Å²) < 4.78 is 0. The van der Waals surface area contributed by atoms with Crippen LogP contribution in [0.2, 0.25) is 0 Å². The molecule has 2 saturated heterocycles. The predicted molar refractivity (Wildman–Crippen MR) is 157 cm³/mol. The van der Waals surface area contributed by atoms with E-state index in [0.29, 0.717) is 26.1 Å². The van der Waals surface area contributed by atoms with Gasteiger partial charge in [-0.05, 0) is 35.1 Å². The maximum absolute atomic E-state index is 14.6. The largest absolute Gasteiger partial charge is 0.368 e. The second kappa shape index (κ2) is 11.1. The van der Waals surface area contributed by atoms with E-state index in [2.05, 4.69) is 53.4 Å². The number of carbonyl (C=O) groups excluding carboxylic acids is 2. The van der Waals surface area contributed by atoms with Crippen molar-refractivity contribution in [1.82, 2.24) is 9.80 Å². The van der Waals surface area contributed by atoms with Crippen molar-refractivity contribution in [3.63, 3.8) is 0 Å². The molecule has 2 N–H and O–H groups in total. The maximum Gasteiger partial charge on any atom is 0.240 e. The molecular formula is C35H35N3O2. The minimum atomic E-state index is -0.839. The number of nitrogens with zero attached hydrogens (tertiary/aromatic N) is 2. The Labute approximate surface area is 236 Å². The summed E-state index contributed by atoms with van der Waals surface area (Å²) in [7, 11) is 0. The summed E-state index contributed by atoms with van der Waals surface area (Å²) in [6.45, 7) is 1.91. The molecule has 4 aromatic carbocycles. The van der Waals surface area contributed by atoms with E-state index in [-0.39, 0.29) is 17.9 Å². The predicted octanol–water partition coefficient (Wildman–Crippen LogP) is 5.17. The van der Waals surface area contributed by atoms with Crippen LogP contribution in [0.4, 0.5) is 0 Å². The Kier molecular flexibility index (Phi) is 7.23. The Balaban J connectivity index is 1.31. The number of nitrogens with two attached hydrogens (primary N) is 1. The van der Waals surface area contributed by atoms with Crippen molar-refractivity contribution < 1.29 is 9.59 Å². The van der Waals surface area contributed by atoms with Gasteiger partial charge in [0.25, 0.3) is 0 Å². The van der Waals surface area contributed by atoms with Gasteiger partial charge in [0.1, 0.15) is 6.04 Å². The molecule has 0 aliphatic carbocycles. The molecule has 4 aromatic rings. The molecule has 5 nitrogen and oxygen atoms in total. The number of hydrogen-bond acceptors (Lipinski definition) is 3. The first-order chi connectivity index (χ1) is 19.6. The van der Waals surface area contributed by atoms with Gasteiger partial charge in [0.05, 0.1) is 11.5 Å². The number of benzene rings is 4. The van der Waals surface area contributed by atoms with Crippen molar-refractivity contribution in [3.8, 4) is 0 Å². The van der Waals surface area contributed by atoms with Gasteiger partial charge in [0.15, 0.2) is 0 Å². The van der Waals surface area contributed by atoms with Gasteiger partial charge < -0.3 is 10.6 Å². The van der Waals surface area contributed by atoms with Gasteiger partial charge in [0, 0.05) is 25.6 Å². The molecule has 6 rings (SSSR count). The molecule has 0 spiro atoms. The number of carbonyl (C=O) groups is 2. The second-order valence-electron chi connectivity index (χ2n) is 11.0. The lowest BCUT2D eigenvalue weighted by atomic mass is 9.68. The van der Waals surface area contributed by atoms with E-state index in [4.69, 9.17) is 5.73 Å². The molecule has 5 heteroatoms. The van der Waals surface area contributed by atoms with Crippen LogP contribution in [-0.2, 0) is 15.0 Å². The smallest absolute Gasteiger partial charge is 0.240 e. The topological polar surface area (TPSA) is 66.6 Å². The molecule has 0 saturated carbocycles. The van der Waals surface area contributed by atoms with Crippen molar-refractivity contribution in [3.05, 3.63) is 144 Å². The molecule has 2 aliphatic heterocycles. The molecule has 40 heavy (non-hydrogen) atoms. The van der Waals surface area contributed by atoms with Gasteiger partial charge in [0.2, 0.25) is 11.8 Å². The molecule has 0 radical (unpaired) electrons. The van der Waals surface area contributed by atoms with E-state index < -0.39 is 17.4 Å². The zero-order valence-corrected chi connectivity index (χ0v) is 22.6. The summed E-state index contributed by atoms with van der Waals surface area (Å²) in [6.07, 6.45) is 1.50. The highest BCUT2D eigenvalue weighted by Crippen LogP contribution is 2.44. The Hall–Kier alpha value is -4.22. The van der Waals surface area contributed by atoms with Crippen molar-refractivity contribution in [2.24, 2.45) is 11.7 Å². The van der Waals surface area contributed by atoms with Crippen molar-refractivity contribution in [2.45, 2.75) is 30.3 Å². The third-order valence-electron chi connectivity index (χ3n) is 8.72. The Morgan fingerprint density at radius 1 is 0.725 bits per heavy atom. The Morgan fingerprint density at radius 2 is 1.18 bits per heavy atom. The van der Waals surface area contributed by atoms with Gasteiger partial charge in [-0.15, -0.1) is 0 Å². The molecule has 2 heterocycles. The van der Waals surface area contributed by atoms with E-state index in [1.54, 1.807) is 4.90 Å². The minimum Gasteiger partial charge on any atom is -0.368 e.